The zero-order valence-corrected chi connectivity index (χ0v) is 16.3. The van der Waals surface area contributed by atoms with Gasteiger partial charge in [0.1, 0.15) is 0 Å². The third kappa shape index (κ3) is 4.33. The molecule has 5 heteroatoms. The van der Waals surface area contributed by atoms with Crippen molar-refractivity contribution in [3.63, 3.8) is 0 Å². The van der Waals surface area contributed by atoms with Crippen LogP contribution in [-0.4, -0.2) is 35.3 Å². The number of carbonyl (C=O) groups excluding carboxylic acids is 1. The van der Waals surface area contributed by atoms with Crippen molar-refractivity contribution in [2.45, 2.75) is 46.0 Å². The summed E-state index contributed by atoms with van der Waals surface area (Å²) in [6.45, 7) is 11.2. The van der Waals surface area contributed by atoms with Crippen molar-refractivity contribution in [1.82, 2.24) is 20.4 Å². The van der Waals surface area contributed by atoms with Crippen molar-refractivity contribution in [1.29, 1.82) is 0 Å². The summed E-state index contributed by atoms with van der Waals surface area (Å²) < 4.78 is 1.82. The number of hydrogen-bond acceptors (Lipinski definition) is 3. The largest absolute Gasteiger partial charge is 0.352 e. The Balaban J connectivity index is 1.77. The molecular formula is C21H30N4O. The van der Waals surface area contributed by atoms with E-state index in [-0.39, 0.29) is 11.3 Å². The summed E-state index contributed by atoms with van der Waals surface area (Å²) in [7, 11) is 0. The molecule has 3 rings (SSSR count). The molecule has 140 valence electrons. The monoisotopic (exact) mass is 354 g/mol. The van der Waals surface area contributed by atoms with E-state index in [0.29, 0.717) is 18.0 Å². The van der Waals surface area contributed by atoms with Gasteiger partial charge >= 0.3 is 0 Å². The Morgan fingerprint density at radius 1 is 1.31 bits per heavy atom. The van der Waals surface area contributed by atoms with Gasteiger partial charge in [-0.3, -0.25) is 4.79 Å². The van der Waals surface area contributed by atoms with E-state index in [1.54, 1.807) is 0 Å². The number of aromatic nitrogens is 2. The minimum atomic E-state index is -0.196. The third-order valence-electron chi connectivity index (χ3n) is 4.97. The summed E-state index contributed by atoms with van der Waals surface area (Å²) >= 11 is 0. The van der Waals surface area contributed by atoms with Gasteiger partial charge < -0.3 is 10.6 Å². The van der Waals surface area contributed by atoms with Crippen molar-refractivity contribution < 1.29 is 4.79 Å². The topological polar surface area (TPSA) is 59.0 Å². The maximum Gasteiger partial charge on any atom is 0.254 e. The third-order valence-corrected chi connectivity index (χ3v) is 4.97. The second kappa shape index (κ2) is 7.62. The molecule has 1 saturated heterocycles. The molecule has 0 aliphatic carbocycles. The van der Waals surface area contributed by atoms with Crippen molar-refractivity contribution in [3.05, 3.63) is 47.3 Å². The minimum absolute atomic E-state index is 0.0285. The fourth-order valence-corrected chi connectivity index (χ4v) is 3.37. The van der Waals surface area contributed by atoms with Gasteiger partial charge in [-0.05, 0) is 50.9 Å². The van der Waals surface area contributed by atoms with Gasteiger partial charge in [-0.1, -0.05) is 38.5 Å². The van der Waals surface area contributed by atoms with Crippen LogP contribution in [0.4, 0.5) is 0 Å². The molecule has 1 aromatic heterocycles. The van der Waals surface area contributed by atoms with Crippen molar-refractivity contribution in [3.8, 4) is 5.69 Å². The second-order valence-corrected chi connectivity index (χ2v) is 8.32. The Morgan fingerprint density at radius 2 is 2.04 bits per heavy atom. The lowest BCUT2D eigenvalue weighted by molar-refractivity contribution is 0.0949. The highest BCUT2D eigenvalue weighted by Gasteiger charge is 2.26. The molecule has 0 bridgehead atoms. The molecule has 2 N–H and O–H groups in total. The summed E-state index contributed by atoms with van der Waals surface area (Å²) in [5.41, 5.74) is 3.48. The van der Waals surface area contributed by atoms with Crippen LogP contribution in [0.1, 0.15) is 55.2 Å². The van der Waals surface area contributed by atoms with Crippen LogP contribution in [0.15, 0.2) is 30.5 Å². The van der Waals surface area contributed by atoms with Gasteiger partial charge in [0.15, 0.2) is 0 Å². The van der Waals surface area contributed by atoms with Gasteiger partial charge in [-0.25, -0.2) is 4.68 Å². The lowest BCUT2D eigenvalue weighted by atomic mass is 9.89. The van der Waals surface area contributed by atoms with Crippen LogP contribution >= 0.6 is 0 Å². The zero-order valence-electron chi connectivity index (χ0n) is 16.3. The van der Waals surface area contributed by atoms with E-state index in [4.69, 9.17) is 5.10 Å². The van der Waals surface area contributed by atoms with Crippen LogP contribution in [0, 0.1) is 12.8 Å². The molecule has 1 fully saturated rings. The lowest BCUT2D eigenvalue weighted by Gasteiger charge is -2.17. The van der Waals surface area contributed by atoms with Gasteiger partial charge in [0.05, 0.1) is 16.9 Å². The molecule has 1 atom stereocenters. The molecule has 1 unspecified atom stereocenters. The molecule has 2 heterocycles. The second-order valence-electron chi connectivity index (χ2n) is 8.32. The van der Waals surface area contributed by atoms with Crippen LogP contribution in [0.5, 0.6) is 0 Å². The number of nitrogens with zero attached hydrogens (tertiary/aromatic N) is 2. The number of amides is 1. The average Bonchev–Trinajstić information content (AvgIpc) is 3.24. The zero-order chi connectivity index (χ0) is 18.7. The van der Waals surface area contributed by atoms with E-state index in [1.807, 2.05) is 23.0 Å². The Bertz CT molecular complexity index is 749. The van der Waals surface area contributed by atoms with E-state index < -0.39 is 0 Å². The van der Waals surface area contributed by atoms with Crippen molar-refractivity contribution in [2.75, 3.05) is 19.6 Å². The van der Waals surface area contributed by atoms with Crippen molar-refractivity contribution >= 4 is 5.91 Å². The molecule has 1 aliphatic heterocycles. The van der Waals surface area contributed by atoms with E-state index in [2.05, 4.69) is 50.5 Å². The molecule has 5 nitrogen and oxygen atoms in total. The van der Waals surface area contributed by atoms with Crippen LogP contribution in [0.3, 0.4) is 0 Å². The van der Waals surface area contributed by atoms with Gasteiger partial charge in [-0.2, -0.15) is 5.10 Å². The molecule has 1 amide bonds. The predicted octanol–water partition coefficient (Wildman–Crippen LogP) is 3.21. The first-order chi connectivity index (χ1) is 12.3. The summed E-state index contributed by atoms with van der Waals surface area (Å²) in [5, 5.41) is 11.2. The SMILES string of the molecule is Cc1ccc(-n2cc(C(=O)NCCC3CCNC3)c(C(C)(C)C)n2)cc1. The van der Waals surface area contributed by atoms with Crippen molar-refractivity contribution in [2.24, 2.45) is 5.92 Å². The molecular weight excluding hydrogens is 324 g/mol. The Kier molecular flexibility index (Phi) is 5.47. The van der Waals surface area contributed by atoms with Crippen LogP contribution < -0.4 is 10.6 Å². The summed E-state index contributed by atoms with van der Waals surface area (Å²) in [6.07, 6.45) is 4.09. The molecule has 1 aliphatic rings. The number of rotatable bonds is 5. The van der Waals surface area contributed by atoms with Gasteiger partial charge in [-0.15, -0.1) is 0 Å². The Hall–Kier alpha value is -2.14. The van der Waals surface area contributed by atoms with E-state index in [0.717, 1.165) is 30.9 Å². The highest BCUT2D eigenvalue weighted by atomic mass is 16.1. The smallest absolute Gasteiger partial charge is 0.254 e. The maximum atomic E-state index is 12.8. The molecule has 26 heavy (non-hydrogen) atoms. The Morgan fingerprint density at radius 3 is 2.65 bits per heavy atom. The lowest BCUT2D eigenvalue weighted by Crippen LogP contribution is -2.28. The first kappa shape index (κ1) is 18.6. The minimum Gasteiger partial charge on any atom is -0.352 e. The maximum absolute atomic E-state index is 12.8. The van der Waals surface area contributed by atoms with E-state index in [1.165, 1.54) is 12.0 Å². The number of benzene rings is 1. The number of aryl methyl sites for hydroxylation is 1. The summed E-state index contributed by atoms with van der Waals surface area (Å²) in [5.74, 6) is 0.645. The van der Waals surface area contributed by atoms with E-state index >= 15 is 0 Å². The number of carbonyl (C=O) groups is 1. The van der Waals surface area contributed by atoms with Crippen LogP contribution in [-0.2, 0) is 5.41 Å². The predicted molar refractivity (Wildman–Crippen MR) is 105 cm³/mol. The molecule has 2 aromatic rings. The normalized spacial score (nSPS) is 17.5. The van der Waals surface area contributed by atoms with E-state index in [9.17, 15) is 4.79 Å². The number of nitrogens with one attached hydrogen (secondary N) is 2. The molecule has 0 radical (unpaired) electrons. The first-order valence-corrected chi connectivity index (χ1v) is 9.50. The fourth-order valence-electron chi connectivity index (χ4n) is 3.37. The standard InChI is InChI=1S/C21H30N4O/c1-15-5-7-17(8-6-15)25-14-18(19(24-25)21(2,3)4)20(26)23-12-10-16-9-11-22-13-16/h5-8,14,16,22H,9-13H2,1-4H3,(H,23,26). The highest BCUT2D eigenvalue weighted by Crippen LogP contribution is 2.26. The summed E-state index contributed by atoms with van der Waals surface area (Å²) in [4.78, 5) is 12.8. The van der Waals surface area contributed by atoms with Gasteiger partial charge in [0.2, 0.25) is 0 Å². The summed E-state index contributed by atoms with van der Waals surface area (Å²) in [6, 6.07) is 8.18. The van der Waals surface area contributed by atoms with Crippen LogP contribution in [0.2, 0.25) is 0 Å². The average molecular weight is 354 g/mol. The highest BCUT2D eigenvalue weighted by molar-refractivity contribution is 5.95. The number of hydrogen-bond donors (Lipinski definition) is 2. The molecule has 0 saturated carbocycles. The van der Waals surface area contributed by atoms with Crippen LogP contribution in [0.25, 0.3) is 5.69 Å². The molecule has 0 spiro atoms. The van der Waals surface area contributed by atoms with Gasteiger partial charge in [0.25, 0.3) is 5.91 Å². The first-order valence-electron chi connectivity index (χ1n) is 9.50. The van der Waals surface area contributed by atoms with Gasteiger partial charge in [0, 0.05) is 18.2 Å². The fraction of sp³-hybridized carbons (Fsp3) is 0.524. The molecule has 1 aromatic carbocycles. The Labute approximate surface area is 156 Å². The quantitative estimate of drug-likeness (QED) is 0.867.